The molecule has 1 saturated carbocycles. The molecule has 0 spiro atoms. The highest BCUT2D eigenvalue weighted by molar-refractivity contribution is 6.30. The summed E-state index contributed by atoms with van der Waals surface area (Å²) in [5.41, 5.74) is 0.803. The van der Waals surface area contributed by atoms with Crippen molar-refractivity contribution in [2.75, 3.05) is 5.32 Å². The van der Waals surface area contributed by atoms with Gasteiger partial charge >= 0.3 is 6.09 Å². The van der Waals surface area contributed by atoms with E-state index < -0.39 is 11.7 Å². The molecular formula is C16H20ClN3O2. The van der Waals surface area contributed by atoms with Crippen LogP contribution in [0.15, 0.2) is 18.2 Å². The molecule has 118 valence electrons. The predicted octanol–water partition coefficient (Wildman–Crippen LogP) is 3.68. The summed E-state index contributed by atoms with van der Waals surface area (Å²) in [5.74, 6) is 0. The monoisotopic (exact) mass is 321 g/mol. The third kappa shape index (κ3) is 4.54. The Balaban J connectivity index is 1.82. The number of nitriles is 1. The number of rotatable bonds is 3. The number of hydrogen-bond acceptors (Lipinski definition) is 4. The van der Waals surface area contributed by atoms with E-state index in [2.05, 4.69) is 16.7 Å². The molecule has 2 N–H and O–H groups in total. The number of hydrogen-bond donors (Lipinski definition) is 2. The minimum absolute atomic E-state index is 0.0945. The Bertz CT molecular complexity index is 598. The van der Waals surface area contributed by atoms with Gasteiger partial charge < -0.3 is 15.4 Å². The molecule has 0 aromatic heterocycles. The lowest BCUT2D eigenvalue weighted by molar-refractivity contribution is 0.0475. The summed E-state index contributed by atoms with van der Waals surface area (Å²) in [7, 11) is 0. The van der Waals surface area contributed by atoms with Gasteiger partial charge in [-0.15, -0.1) is 0 Å². The van der Waals surface area contributed by atoms with Gasteiger partial charge in [-0.05, 0) is 51.8 Å². The van der Waals surface area contributed by atoms with Crippen LogP contribution in [0.1, 0.15) is 39.2 Å². The SMILES string of the molecule is CC(C)(C)OC(=O)NC1CC(Nc2cc(Cl)ccc2C#N)C1. The van der Waals surface area contributed by atoms with E-state index in [1.165, 1.54) is 0 Å². The van der Waals surface area contributed by atoms with E-state index in [0.717, 1.165) is 18.5 Å². The van der Waals surface area contributed by atoms with Crippen molar-refractivity contribution in [1.82, 2.24) is 5.32 Å². The lowest BCUT2D eigenvalue weighted by Gasteiger charge is -2.37. The van der Waals surface area contributed by atoms with Crippen molar-refractivity contribution in [2.45, 2.75) is 51.3 Å². The van der Waals surface area contributed by atoms with Crippen molar-refractivity contribution < 1.29 is 9.53 Å². The lowest BCUT2D eigenvalue weighted by atomic mass is 9.86. The van der Waals surface area contributed by atoms with Gasteiger partial charge in [0.05, 0.1) is 11.3 Å². The summed E-state index contributed by atoms with van der Waals surface area (Å²) in [4.78, 5) is 11.7. The third-order valence-corrected chi connectivity index (χ3v) is 3.56. The number of ether oxygens (including phenoxy) is 1. The molecule has 0 atom stereocenters. The highest BCUT2D eigenvalue weighted by atomic mass is 35.5. The van der Waals surface area contributed by atoms with E-state index in [9.17, 15) is 4.79 Å². The summed E-state index contributed by atoms with van der Waals surface area (Å²) in [5, 5.41) is 15.8. The van der Waals surface area contributed by atoms with E-state index in [1.54, 1.807) is 18.2 Å². The Morgan fingerprint density at radius 3 is 2.64 bits per heavy atom. The number of amides is 1. The average molecular weight is 322 g/mol. The van der Waals surface area contributed by atoms with Gasteiger partial charge in [0.1, 0.15) is 11.7 Å². The maximum atomic E-state index is 11.7. The summed E-state index contributed by atoms with van der Waals surface area (Å²) < 4.78 is 5.22. The normalized spacial score (nSPS) is 20.5. The van der Waals surface area contributed by atoms with Crippen LogP contribution >= 0.6 is 11.6 Å². The first kappa shape index (κ1) is 16.4. The molecule has 0 radical (unpaired) electrons. The van der Waals surface area contributed by atoms with Crippen molar-refractivity contribution in [3.63, 3.8) is 0 Å². The summed E-state index contributed by atoms with van der Waals surface area (Å²) in [6, 6.07) is 7.57. The molecule has 5 nitrogen and oxygen atoms in total. The highest BCUT2D eigenvalue weighted by Crippen LogP contribution is 2.28. The predicted molar refractivity (Wildman–Crippen MR) is 86.0 cm³/mol. The molecule has 1 aromatic rings. The van der Waals surface area contributed by atoms with Crippen LogP contribution < -0.4 is 10.6 Å². The molecule has 1 fully saturated rings. The van der Waals surface area contributed by atoms with Crippen molar-refractivity contribution in [3.8, 4) is 6.07 Å². The van der Waals surface area contributed by atoms with Crippen LogP contribution in [0.5, 0.6) is 0 Å². The molecule has 22 heavy (non-hydrogen) atoms. The molecule has 0 heterocycles. The maximum absolute atomic E-state index is 11.7. The Kier molecular flexibility index (Phi) is 4.82. The topological polar surface area (TPSA) is 74.2 Å². The first-order valence-corrected chi connectivity index (χ1v) is 7.60. The largest absolute Gasteiger partial charge is 0.444 e. The van der Waals surface area contributed by atoms with E-state index in [1.807, 2.05) is 20.8 Å². The van der Waals surface area contributed by atoms with Crippen molar-refractivity contribution in [3.05, 3.63) is 28.8 Å². The van der Waals surface area contributed by atoms with Gasteiger partial charge in [0.2, 0.25) is 0 Å². The zero-order chi connectivity index (χ0) is 16.3. The number of halogens is 1. The van der Waals surface area contributed by atoms with Crippen LogP contribution in [0.3, 0.4) is 0 Å². The number of carbonyl (C=O) groups excluding carboxylic acids is 1. The van der Waals surface area contributed by atoms with Gasteiger partial charge in [0.15, 0.2) is 0 Å². The fraction of sp³-hybridized carbons (Fsp3) is 0.500. The van der Waals surface area contributed by atoms with E-state index in [-0.39, 0.29) is 12.1 Å². The van der Waals surface area contributed by atoms with E-state index in [0.29, 0.717) is 10.6 Å². The first-order chi connectivity index (χ1) is 10.3. The van der Waals surface area contributed by atoms with Crippen LogP contribution in [-0.2, 0) is 4.74 Å². The number of nitrogens with zero attached hydrogens (tertiary/aromatic N) is 1. The molecule has 1 amide bonds. The fourth-order valence-electron chi connectivity index (χ4n) is 2.28. The zero-order valence-corrected chi connectivity index (χ0v) is 13.7. The molecule has 1 aliphatic rings. The van der Waals surface area contributed by atoms with Gasteiger partial charge in [0.25, 0.3) is 0 Å². The lowest BCUT2D eigenvalue weighted by Crippen LogP contribution is -2.50. The molecule has 6 heteroatoms. The van der Waals surface area contributed by atoms with Gasteiger partial charge in [-0.2, -0.15) is 5.26 Å². The van der Waals surface area contributed by atoms with Crippen molar-refractivity contribution >= 4 is 23.4 Å². The summed E-state index contributed by atoms with van der Waals surface area (Å²) in [6.45, 7) is 5.50. The summed E-state index contributed by atoms with van der Waals surface area (Å²) >= 11 is 5.95. The van der Waals surface area contributed by atoms with Crippen LogP contribution in [0, 0.1) is 11.3 Å². The smallest absolute Gasteiger partial charge is 0.407 e. The van der Waals surface area contributed by atoms with Gasteiger partial charge in [-0.1, -0.05) is 11.6 Å². The van der Waals surface area contributed by atoms with E-state index >= 15 is 0 Å². The third-order valence-electron chi connectivity index (χ3n) is 3.32. The Morgan fingerprint density at radius 2 is 2.05 bits per heavy atom. The molecule has 0 aliphatic heterocycles. The average Bonchev–Trinajstić information content (AvgIpc) is 2.34. The standard InChI is InChI=1S/C16H20ClN3O2/c1-16(2,3)22-15(21)20-13-7-12(8-13)19-14-6-11(17)5-4-10(14)9-18/h4-6,12-13,19H,7-8H2,1-3H3,(H,20,21). The fourth-order valence-corrected chi connectivity index (χ4v) is 2.45. The number of carbonyl (C=O) groups is 1. The molecule has 0 unspecified atom stereocenters. The molecule has 0 bridgehead atoms. The van der Waals surface area contributed by atoms with Crippen molar-refractivity contribution in [2.24, 2.45) is 0 Å². The Labute approximate surface area is 135 Å². The van der Waals surface area contributed by atoms with Crippen LogP contribution in [0.25, 0.3) is 0 Å². The minimum Gasteiger partial charge on any atom is -0.444 e. The number of benzene rings is 1. The second kappa shape index (κ2) is 6.45. The minimum atomic E-state index is -0.492. The molecular weight excluding hydrogens is 302 g/mol. The van der Waals surface area contributed by atoms with Gasteiger partial charge in [-0.3, -0.25) is 0 Å². The Morgan fingerprint density at radius 1 is 1.36 bits per heavy atom. The van der Waals surface area contributed by atoms with Crippen LogP contribution in [-0.4, -0.2) is 23.8 Å². The maximum Gasteiger partial charge on any atom is 0.407 e. The molecule has 2 rings (SSSR count). The van der Waals surface area contributed by atoms with E-state index in [4.69, 9.17) is 21.6 Å². The molecule has 1 aliphatic carbocycles. The quantitative estimate of drug-likeness (QED) is 0.890. The van der Waals surface area contributed by atoms with Crippen LogP contribution in [0.4, 0.5) is 10.5 Å². The second-order valence-electron chi connectivity index (χ2n) is 6.46. The van der Waals surface area contributed by atoms with Crippen LogP contribution in [0.2, 0.25) is 5.02 Å². The molecule has 1 aromatic carbocycles. The summed E-state index contributed by atoms with van der Waals surface area (Å²) in [6.07, 6.45) is 1.18. The van der Waals surface area contributed by atoms with Gasteiger partial charge in [-0.25, -0.2) is 4.79 Å². The first-order valence-electron chi connectivity index (χ1n) is 7.22. The van der Waals surface area contributed by atoms with Crippen molar-refractivity contribution in [1.29, 1.82) is 5.26 Å². The zero-order valence-electron chi connectivity index (χ0n) is 12.9. The number of alkyl carbamates (subject to hydrolysis) is 1. The molecule has 0 saturated heterocycles. The Hall–Kier alpha value is -1.93. The second-order valence-corrected chi connectivity index (χ2v) is 6.89. The van der Waals surface area contributed by atoms with Gasteiger partial charge in [0, 0.05) is 17.1 Å². The number of nitrogens with one attached hydrogen (secondary N) is 2. The highest BCUT2D eigenvalue weighted by Gasteiger charge is 2.31. The number of anilines is 1.